The number of imidazole rings is 2. The standard InChI is InChI=1S/C30H30IN3O3.C15H20IN3O/c1-30(2,3)37-19-15-27(28-32-25-13-12-18(31)14-26(25)33-28)34(16-19)29(35)36-17-24-22-10-6-4-8-20(22)21-9-5-7-11-23(21)24;1-15(2,3)20-10-7-13(17-8-10)14-18-11-5-4-9(16)6-12(11)19-14/h4-14,19,24,27H,15-17H2,1-3H3,(H,32,33);4-6,10,13,17H,7-8H2,1-3H3,(H,18,19)/t19-,27?;10-,13?/m11/s1. The van der Waals surface area contributed by atoms with Crippen molar-refractivity contribution in [3.05, 3.63) is 115 Å². The molecule has 0 saturated carbocycles. The summed E-state index contributed by atoms with van der Waals surface area (Å²) >= 11 is 4.62. The van der Waals surface area contributed by atoms with Crippen molar-refractivity contribution in [2.75, 3.05) is 19.7 Å². The summed E-state index contributed by atoms with van der Waals surface area (Å²) < 4.78 is 20.7. The van der Waals surface area contributed by atoms with Crippen LogP contribution in [0.5, 0.6) is 0 Å². The van der Waals surface area contributed by atoms with E-state index in [0.717, 1.165) is 50.3 Å². The van der Waals surface area contributed by atoms with Gasteiger partial charge in [0.25, 0.3) is 0 Å². The van der Waals surface area contributed by atoms with Gasteiger partial charge in [-0.1, -0.05) is 48.5 Å². The maximum Gasteiger partial charge on any atom is 0.410 e. The molecule has 298 valence electrons. The first-order valence-corrected chi connectivity index (χ1v) is 21.8. The van der Waals surface area contributed by atoms with Gasteiger partial charge in [-0.05, 0) is 152 Å². The number of carbonyl (C=O) groups is 1. The predicted octanol–water partition coefficient (Wildman–Crippen LogP) is 10.4. The molecule has 3 aliphatic rings. The summed E-state index contributed by atoms with van der Waals surface area (Å²) in [5.74, 6) is 1.81. The number of fused-ring (bicyclic) bond motifs is 5. The second-order valence-corrected chi connectivity index (χ2v) is 19.7. The van der Waals surface area contributed by atoms with Crippen LogP contribution in [0.3, 0.4) is 0 Å². The molecule has 2 fully saturated rings. The van der Waals surface area contributed by atoms with Gasteiger partial charge in [0.15, 0.2) is 0 Å². The maximum atomic E-state index is 13.6. The molecule has 2 saturated heterocycles. The summed E-state index contributed by atoms with van der Waals surface area (Å²) in [6.45, 7) is 14.1. The summed E-state index contributed by atoms with van der Waals surface area (Å²) in [4.78, 5) is 31.8. The van der Waals surface area contributed by atoms with E-state index >= 15 is 0 Å². The number of benzene rings is 4. The van der Waals surface area contributed by atoms with Crippen molar-refractivity contribution in [1.82, 2.24) is 30.2 Å². The topological polar surface area (TPSA) is 117 Å². The van der Waals surface area contributed by atoms with E-state index in [1.807, 2.05) is 45.0 Å². The van der Waals surface area contributed by atoms with Crippen LogP contribution in [0.25, 0.3) is 33.2 Å². The van der Waals surface area contributed by atoms with Crippen molar-refractivity contribution in [2.24, 2.45) is 0 Å². The third kappa shape index (κ3) is 9.19. The van der Waals surface area contributed by atoms with E-state index in [0.29, 0.717) is 19.6 Å². The molecule has 10 nitrogen and oxygen atoms in total. The van der Waals surface area contributed by atoms with Crippen molar-refractivity contribution >= 4 is 73.3 Å². The number of H-pyrrole nitrogens is 2. The monoisotopic (exact) mass is 992 g/mol. The van der Waals surface area contributed by atoms with Crippen LogP contribution in [0, 0.1) is 7.14 Å². The summed E-state index contributed by atoms with van der Waals surface area (Å²) in [5.41, 5.74) is 8.43. The van der Waals surface area contributed by atoms with Gasteiger partial charge < -0.3 is 29.5 Å². The normalized spacial score (nSPS) is 20.8. The van der Waals surface area contributed by atoms with Crippen LogP contribution in [-0.4, -0.2) is 74.0 Å². The number of carbonyl (C=O) groups excluding carboxylic acids is 1. The molecular weight excluding hydrogens is 942 g/mol. The Labute approximate surface area is 361 Å². The highest BCUT2D eigenvalue weighted by molar-refractivity contribution is 14.1. The third-order valence-electron chi connectivity index (χ3n) is 10.5. The molecule has 0 radical (unpaired) electrons. The molecule has 4 aromatic carbocycles. The zero-order valence-electron chi connectivity index (χ0n) is 33.2. The van der Waals surface area contributed by atoms with E-state index < -0.39 is 0 Å². The lowest BCUT2D eigenvalue weighted by atomic mass is 9.98. The highest BCUT2D eigenvalue weighted by atomic mass is 127. The minimum Gasteiger partial charge on any atom is -0.448 e. The lowest BCUT2D eigenvalue weighted by Gasteiger charge is -2.25. The number of hydrogen-bond acceptors (Lipinski definition) is 7. The fourth-order valence-electron chi connectivity index (χ4n) is 8.35. The van der Waals surface area contributed by atoms with Crippen LogP contribution in [0.2, 0.25) is 0 Å². The molecule has 0 spiro atoms. The van der Waals surface area contributed by atoms with E-state index in [-0.39, 0.29) is 47.5 Å². The molecule has 12 heteroatoms. The van der Waals surface area contributed by atoms with Gasteiger partial charge in [-0.25, -0.2) is 14.8 Å². The van der Waals surface area contributed by atoms with E-state index in [2.05, 4.69) is 147 Å². The van der Waals surface area contributed by atoms with Crippen LogP contribution in [0.15, 0.2) is 84.9 Å². The summed E-state index contributed by atoms with van der Waals surface area (Å²) in [6, 6.07) is 29.2. The number of hydrogen-bond donors (Lipinski definition) is 3. The molecule has 1 amide bonds. The number of aromatic nitrogens is 4. The Kier molecular flexibility index (Phi) is 11.5. The van der Waals surface area contributed by atoms with E-state index in [1.54, 1.807) is 4.90 Å². The molecule has 57 heavy (non-hydrogen) atoms. The van der Waals surface area contributed by atoms with Crippen molar-refractivity contribution < 1.29 is 19.0 Å². The van der Waals surface area contributed by atoms with Gasteiger partial charge in [-0.15, -0.1) is 0 Å². The molecular formula is C45H50I2N6O4. The average Bonchev–Trinajstić information content (AvgIpc) is 3.99. The van der Waals surface area contributed by atoms with E-state index in [4.69, 9.17) is 19.2 Å². The molecule has 1 aliphatic carbocycles. The van der Waals surface area contributed by atoms with Gasteiger partial charge in [0.2, 0.25) is 0 Å². The molecule has 4 heterocycles. The maximum absolute atomic E-state index is 13.6. The zero-order chi connectivity index (χ0) is 40.1. The van der Waals surface area contributed by atoms with Gasteiger partial charge in [-0.3, -0.25) is 4.90 Å². The minimum atomic E-state index is -0.332. The van der Waals surface area contributed by atoms with Crippen LogP contribution < -0.4 is 5.32 Å². The molecule has 2 aliphatic heterocycles. The number of ether oxygens (including phenoxy) is 3. The number of nitrogens with zero attached hydrogens (tertiary/aromatic N) is 3. The first-order valence-electron chi connectivity index (χ1n) is 19.7. The molecule has 2 unspecified atom stereocenters. The largest absolute Gasteiger partial charge is 0.448 e. The second kappa shape index (κ2) is 16.2. The SMILES string of the molecule is CC(C)(C)O[C@@H]1CC(c2nc3ccc(I)cc3[nH]2)N(C(=O)OCC2c3ccccc3-c3ccccc32)C1.CC(C)(C)O[C@H]1CNC(c2nc3ccc(I)cc3[nH]2)C1. The van der Waals surface area contributed by atoms with Gasteiger partial charge in [-0.2, -0.15) is 0 Å². The zero-order valence-corrected chi connectivity index (χ0v) is 37.6. The summed E-state index contributed by atoms with van der Waals surface area (Å²) in [5, 5.41) is 3.50. The van der Waals surface area contributed by atoms with Crippen molar-refractivity contribution in [1.29, 1.82) is 0 Å². The predicted molar refractivity (Wildman–Crippen MR) is 241 cm³/mol. The smallest absolute Gasteiger partial charge is 0.410 e. The van der Waals surface area contributed by atoms with Gasteiger partial charge in [0, 0.05) is 26.0 Å². The number of likely N-dealkylation sites (tertiary alicyclic amines) is 1. The summed E-state index contributed by atoms with van der Waals surface area (Å²) in [7, 11) is 0. The Morgan fingerprint density at radius 1 is 0.737 bits per heavy atom. The highest BCUT2D eigenvalue weighted by Crippen LogP contribution is 2.45. The van der Waals surface area contributed by atoms with Crippen molar-refractivity contribution in [3.63, 3.8) is 0 Å². The average molecular weight is 993 g/mol. The number of halogens is 2. The Balaban J connectivity index is 0.000000192. The fourth-order valence-corrected chi connectivity index (χ4v) is 9.33. The number of aromatic amines is 2. The minimum absolute atomic E-state index is 0.0206. The Morgan fingerprint density at radius 3 is 1.88 bits per heavy atom. The highest BCUT2D eigenvalue weighted by Gasteiger charge is 2.41. The van der Waals surface area contributed by atoms with Crippen molar-refractivity contribution in [2.45, 2.75) is 95.8 Å². The molecule has 6 aromatic rings. The lowest BCUT2D eigenvalue weighted by Crippen LogP contribution is -2.35. The second-order valence-electron chi connectivity index (χ2n) is 17.2. The quantitative estimate of drug-likeness (QED) is 0.142. The van der Waals surface area contributed by atoms with Crippen LogP contribution >= 0.6 is 45.2 Å². The number of amides is 1. The fraction of sp³-hybridized carbons (Fsp3) is 0.400. The molecule has 9 rings (SSSR count). The van der Waals surface area contributed by atoms with Crippen LogP contribution in [0.1, 0.15) is 95.2 Å². The van der Waals surface area contributed by atoms with Gasteiger partial charge in [0.1, 0.15) is 18.3 Å². The number of rotatable bonds is 6. The third-order valence-corrected chi connectivity index (χ3v) is 11.9. The van der Waals surface area contributed by atoms with Crippen LogP contribution in [0.4, 0.5) is 4.79 Å². The van der Waals surface area contributed by atoms with Crippen LogP contribution in [-0.2, 0) is 14.2 Å². The van der Waals surface area contributed by atoms with Gasteiger partial charge in [0.05, 0.1) is 64.1 Å². The van der Waals surface area contributed by atoms with Crippen molar-refractivity contribution in [3.8, 4) is 11.1 Å². The number of nitrogens with one attached hydrogen (secondary N) is 3. The summed E-state index contributed by atoms with van der Waals surface area (Å²) in [6.07, 6.45) is 1.46. The lowest BCUT2D eigenvalue weighted by molar-refractivity contribution is -0.0539. The van der Waals surface area contributed by atoms with Gasteiger partial charge >= 0.3 is 6.09 Å². The van der Waals surface area contributed by atoms with E-state index in [9.17, 15) is 4.79 Å². The first-order chi connectivity index (χ1) is 27.2. The molecule has 2 aromatic heterocycles. The Hall–Kier alpha value is -3.57. The Bertz CT molecular complexity index is 2350. The molecule has 4 atom stereocenters. The Morgan fingerprint density at radius 2 is 1.28 bits per heavy atom. The first kappa shape index (κ1) is 40.2. The molecule has 3 N–H and O–H groups in total. The molecule has 0 bridgehead atoms. The van der Waals surface area contributed by atoms with E-state index in [1.165, 1.54) is 25.8 Å².